The summed E-state index contributed by atoms with van der Waals surface area (Å²) in [4.78, 5) is 0.825. The summed E-state index contributed by atoms with van der Waals surface area (Å²) in [5.74, 6) is 0.791. The molecule has 1 atom stereocenters. The first-order valence-corrected chi connectivity index (χ1v) is 4.77. The first-order valence-electron chi connectivity index (χ1n) is 3.21. The van der Waals surface area contributed by atoms with Gasteiger partial charge in [0.25, 0.3) is 0 Å². The smallest absolute Gasteiger partial charge is 0.152 e. The van der Waals surface area contributed by atoms with Gasteiger partial charge in [-0.25, -0.2) is 0 Å². The molecule has 0 fully saturated rings. The van der Waals surface area contributed by atoms with Gasteiger partial charge >= 0.3 is 0 Å². The highest BCUT2D eigenvalue weighted by atomic mass is 32.2. The maximum Gasteiger partial charge on any atom is 0.152 e. The second kappa shape index (κ2) is 3.64. The fraction of sp³-hybridized carbons (Fsp3) is 0.250. The third-order valence-corrected chi connectivity index (χ3v) is 2.33. The first-order chi connectivity index (χ1) is 5.24. The van der Waals surface area contributed by atoms with Gasteiger partial charge in [-0.3, -0.25) is 0 Å². The van der Waals surface area contributed by atoms with Crippen molar-refractivity contribution in [2.24, 2.45) is 0 Å². The SMILES string of the molecule is COc1ccc([S@+](C)[O-])cc1. The molecule has 11 heavy (non-hydrogen) atoms. The summed E-state index contributed by atoms with van der Waals surface area (Å²) < 4.78 is 15.9. The molecule has 3 heteroatoms. The molecule has 2 nitrogen and oxygen atoms in total. The number of ether oxygens (including phenoxy) is 1. The molecule has 1 aromatic rings. The highest BCUT2D eigenvalue weighted by Gasteiger charge is 2.01. The van der Waals surface area contributed by atoms with Gasteiger partial charge in [0.05, 0.1) is 7.11 Å². The molecular formula is C8H10O2S. The summed E-state index contributed by atoms with van der Waals surface area (Å²) in [5, 5.41) is 0. The van der Waals surface area contributed by atoms with Gasteiger partial charge in [0.2, 0.25) is 0 Å². The van der Waals surface area contributed by atoms with Gasteiger partial charge in [-0.2, -0.15) is 0 Å². The third-order valence-electron chi connectivity index (χ3n) is 1.39. The van der Waals surface area contributed by atoms with Crippen LogP contribution < -0.4 is 4.74 Å². The van der Waals surface area contributed by atoms with Crippen LogP contribution in [0.3, 0.4) is 0 Å². The van der Waals surface area contributed by atoms with Gasteiger partial charge in [0, 0.05) is 0 Å². The lowest BCUT2D eigenvalue weighted by atomic mass is 10.3. The Morgan fingerprint density at radius 3 is 2.18 bits per heavy atom. The molecule has 60 valence electrons. The molecule has 0 bridgehead atoms. The molecule has 0 aliphatic heterocycles. The third kappa shape index (κ3) is 2.13. The van der Waals surface area contributed by atoms with Crippen molar-refractivity contribution < 1.29 is 9.29 Å². The lowest BCUT2D eigenvalue weighted by Crippen LogP contribution is -1.96. The Balaban J connectivity index is 2.83. The Morgan fingerprint density at radius 2 is 1.82 bits per heavy atom. The highest BCUT2D eigenvalue weighted by Crippen LogP contribution is 2.14. The van der Waals surface area contributed by atoms with Gasteiger partial charge < -0.3 is 9.29 Å². The van der Waals surface area contributed by atoms with Gasteiger partial charge in [-0.05, 0) is 35.4 Å². The van der Waals surface area contributed by atoms with E-state index in [1.807, 2.05) is 0 Å². The minimum absolute atomic E-state index is 0.791. The van der Waals surface area contributed by atoms with E-state index in [1.165, 1.54) is 0 Å². The van der Waals surface area contributed by atoms with Crippen molar-refractivity contribution in [3.05, 3.63) is 24.3 Å². The molecule has 0 aliphatic carbocycles. The van der Waals surface area contributed by atoms with Crippen LogP contribution in [0.1, 0.15) is 0 Å². The molecule has 0 heterocycles. The topological polar surface area (TPSA) is 32.3 Å². The monoisotopic (exact) mass is 170 g/mol. The van der Waals surface area contributed by atoms with E-state index in [0.29, 0.717) is 0 Å². The van der Waals surface area contributed by atoms with E-state index < -0.39 is 11.2 Å². The van der Waals surface area contributed by atoms with Crippen molar-refractivity contribution >= 4 is 11.2 Å². The second-order valence-electron chi connectivity index (χ2n) is 2.13. The fourth-order valence-corrected chi connectivity index (χ4v) is 1.29. The fourth-order valence-electron chi connectivity index (χ4n) is 0.767. The molecule has 0 saturated heterocycles. The van der Waals surface area contributed by atoms with Crippen LogP contribution in [-0.2, 0) is 11.2 Å². The van der Waals surface area contributed by atoms with Crippen LogP contribution in [-0.4, -0.2) is 17.9 Å². The van der Waals surface area contributed by atoms with Crippen LogP contribution in [0.2, 0.25) is 0 Å². The van der Waals surface area contributed by atoms with Crippen LogP contribution >= 0.6 is 0 Å². The summed E-state index contributed by atoms with van der Waals surface area (Å²) in [7, 11) is 1.61. The lowest BCUT2D eigenvalue weighted by molar-refractivity contribution is 0.414. The Hall–Kier alpha value is -0.670. The van der Waals surface area contributed by atoms with Gasteiger partial charge in [-0.1, -0.05) is 0 Å². The van der Waals surface area contributed by atoms with Crippen molar-refractivity contribution in [3.63, 3.8) is 0 Å². The summed E-state index contributed by atoms with van der Waals surface area (Å²) in [6.07, 6.45) is 1.65. The van der Waals surface area contributed by atoms with E-state index >= 15 is 0 Å². The van der Waals surface area contributed by atoms with E-state index in [0.717, 1.165) is 10.6 Å². The molecule has 0 amide bonds. The van der Waals surface area contributed by atoms with Crippen molar-refractivity contribution in [3.8, 4) is 5.75 Å². The zero-order chi connectivity index (χ0) is 8.27. The molecule has 0 aromatic heterocycles. The van der Waals surface area contributed by atoms with Gasteiger partial charge in [0.1, 0.15) is 12.0 Å². The summed E-state index contributed by atoms with van der Waals surface area (Å²) in [6, 6.07) is 7.21. The van der Waals surface area contributed by atoms with E-state index in [4.69, 9.17) is 4.74 Å². The normalized spacial score (nSPS) is 12.6. The Bertz CT molecular complexity index is 218. The Morgan fingerprint density at radius 1 is 1.27 bits per heavy atom. The lowest BCUT2D eigenvalue weighted by Gasteiger charge is -2.04. The number of methoxy groups -OCH3 is 1. The largest absolute Gasteiger partial charge is 0.612 e. The molecule has 1 rings (SSSR count). The number of hydrogen-bond donors (Lipinski definition) is 0. The summed E-state index contributed by atoms with van der Waals surface area (Å²) in [6.45, 7) is 0. The molecule has 0 aliphatic rings. The van der Waals surface area contributed by atoms with E-state index in [2.05, 4.69) is 0 Å². The first kappa shape index (κ1) is 8.43. The quantitative estimate of drug-likeness (QED) is 0.629. The molecule has 0 radical (unpaired) electrons. The van der Waals surface area contributed by atoms with E-state index in [1.54, 1.807) is 37.6 Å². The molecular weight excluding hydrogens is 160 g/mol. The minimum Gasteiger partial charge on any atom is -0.612 e. The zero-order valence-electron chi connectivity index (χ0n) is 6.53. The van der Waals surface area contributed by atoms with E-state index in [-0.39, 0.29) is 0 Å². The Labute approximate surface area is 69.4 Å². The van der Waals surface area contributed by atoms with Crippen molar-refractivity contribution in [1.82, 2.24) is 0 Å². The number of benzene rings is 1. The zero-order valence-corrected chi connectivity index (χ0v) is 7.35. The highest BCUT2D eigenvalue weighted by molar-refractivity contribution is 7.90. The predicted octanol–water partition coefficient (Wildman–Crippen LogP) is 1.43. The second-order valence-corrected chi connectivity index (χ2v) is 3.51. The van der Waals surface area contributed by atoms with E-state index in [9.17, 15) is 4.55 Å². The average Bonchev–Trinajstić information content (AvgIpc) is 2.05. The number of rotatable bonds is 2. The average molecular weight is 170 g/mol. The van der Waals surface area contributed by atoms with Crippen LogP contribution in [0.15, 0.2) is 29.2 Å². The molecule has 1 aromatic carbocycles. The van der Waals surface area contributed by atoms with Crippen LogP contribution in [0.5, 0.6) is 5.75 Å². The van der Waals surface area contributed by atoms with Crippen LogP contribution in [0.4, 0.5) is 0 Å². The van der Waals surface area contributed by atoms with Crippen molar-refractivity contribution in [1.29, 1.82) is 0 Å². The standard InChI is InChI=1S/C8H10O2S/c1-10-7-3-5-8(6-4-7)11(2)9/h3-6H,1-2H3/t11-/m0/s1. The van der Waals surface area contributed by atoms with Crippen molar-refractivity contribution in [2.45, 2.75) is 4.90 Å². The van der Waals surface area contributed by atoms with Crippen LogP contribution in [0, 0.1) is 0 Å². The maximum absolute atomic E-state index is 10.9. The molecule has 0 unspecified atom stereocenters. The number of hydrogen-bond acceptors (Lipinski definition) is 2. The Kier molecular flexibility index (Phi) is 2.79. The summed E-state index contributed by atoms with van der Waals surface area (Å²) >= 11 is -0.895. The molecule has 0 saturated carbocycles. The van der Waals surface area contributed by atoms with Gasteiger partial charge in [-0.15, -0.1) is 0 Å². The minimum atomic E-state index is -0.895. The maximum atomic E-state index is 10.9. The van der Waals surface area contributed by atoms with Crippen LogP contribution in [0.25, 0.3) is 0 Å². The summed E-state index contributed by atoms with van der Waals surface area (Å²) in [5.41, 5.74) is 0. The van der Waals surface area contributed by atoms with Crippen molar-refractivity contribution in [2.75, 3.05) is 13.4 Å². The molecule has 0 N–H and O–H groups in total. The van der Waals surface area contributed by atoms with Gasteiger partial charge in [0.15, 0.2) is 4.90 Å². The predicted molar refractivity (Wildman–Crippen MR) is 45.3 cm³/mol. The molecule has 0 spiro atoms.